The van der Waals surface area contributed by atoms with E-state index in [1.165, 1.54) is 25.7 Å². The molecule has 33 heavy (non-hydrogen) atoms. The Morgan fingerprint density at radius 3 is 2.55 bits per heavy atom. The van der Waals surface area contributed by atoms with E-state index in [0.717, 1.165) is 5.56 Å². The van der Waals surface area contributed by atoms with Gasteiger partial charge in [-0.05, 0) is 49.4 Å². The highest BCUT2D eigenvalue weighted by Gasteiger charge is 2.18. The summed E-state index contributed by atoms with van der Waals surface area (Å²) in [6.45, 7) is 1.75. The highest BCUT2D eigenvalue weighted by atomic mass is 35.5. The van der Waals surface area contributed by atoms with Crippen molar-refractivity contribution in [3.05, 3.63) is 99.1 Å². The number of nitrogens with one attached hydrogen (secondary N) is 1. The molecule has 4 rings (SSSR count). The third-order valence-electron chi connectivity index (χ3n) is 5.17. The molecule has 0 bridgehead atoms. The van der Waals surface area contributed by atoms with Crippen molar-refractivity contribution in [1.82, 2.24) is 9.55 Å². The molecule has 2 aromatic carbocycles. The van der Waals surface area contributed by atoms with Crippen molar-refractivity contribution in [3.8, 4) is 5.75 Å². The number of halogens is 1. The first-order chi connectivity index (χ1) is 15.9. The third-order valence-corrected chi connectivity index (χ3v) is 5.47. The maximum Gasteiger partial charge on any atom is 0.244 e. The molecular weight excluding hydrogens is 442 g/mol. The summed E-state index contributed by atoms with van der Waals surface area (Å²) < 4.78 is 6.73. The summed E-state index contributed by atoms with van der Waals surface area (Å²) in [5.41, 5.74) is 1.88. The Morgan fingerprint density at radius 2 is 1.85 bits per heavy atom. The number of aromatic nitrogens is 2. The number of ether oxygens (including phenoxy) is 1. The monoisotopic (exact) mass is 461 g/mol. The number of hydrogen-bond acceptors (Lipinski definition) is 5. The number of nitrogens with zero attached hydrogens (tertiary/aromatic N) is 2. The largest absolute Gasteiger partial charge is 0.495 e. The van der Waals surface area contributed by atoms with Crippen LogP contribution in [0, 0.1) is 6.92 Å². The molecule has 0 saturated heterocycles. The predicted octanol–water partition coefficient (Wildman–Crippen LogP) is 4.24. The molecule has 0 unspecified atom stereocenters. The molecule has 0 aliphatic rings. The molecule has 1 amide bonds. The van der Waals surface area contributed by atoms with E-state index in [2.05, 4.69) is 10.3 Å². The van der Waals surface area contributed by atoms with Crippen LogP contribution in [0.2, 0.25) is 5.02 Å². The minimum atomic E-state index is -0.429. The molecule has 0 atom stereocenters. The highest BCUT2D eigenvalue weighted by molar-refractivity contribution is 6.32. The Balaban J connectivity index is 1.73. The number of fused-ring (bicyclic) bond motifs is 1. The normalized spacial score (nSPS) is 10.8. The van der Waals surface area contributed by atoms with Gasteiger partial charge in [0.25, 0.3) is 0 Å². The standard InChI is InChI=1S/C25H20ClN3O4/c1-15-3-5-21-18(11-15)25(32)19(24(31)16-7-9-27-10-8-16)13-29(21)14-23(30)28-17-4-6-22(33-2)20(26)12-17/h3-13H,14H2,1-2H3,(H,28,30). The van der Waals surface area contributed by atoms with Crippen LogP contribution >= 0.6 is 11.6 Å². The number of aryl methyl sites for hydroxylation is 1. The first-order valence-electron chi connectivity index (χ1n) is 10.1. The van der Waals surface area contributed by atoms with Gasteiger partial charge in [0.15, 0.2) is 5.78 Å². The Morgan fingerprint density at radius 1 is 1.09 bits per heavy atom. The van der Waals surface area contributed by atoms with Crippen molar-refractivity contribution >= 4 is 39.9 Å². The summed E-state index contributed by atoms with van der Waals surface area (Å²) >= 11 is 6.14. The van der Waals surface area contributed by atoms with Crippen LogP contribution < -0.4 is 15.5 Å². The number of rotatable bonds is 6. The molecule has 166 valence electrons. The molecule has 1 N–H and O–H groups in total. The summed E-state index contributed by atoms with van der Waals surface area (Å²) in [6, 6.07) is 13.4. The van der Waals surface area contributed by atoms with Crippen LogP contribution in [0.1, 0.15) is 21.5 Å². The van der Waals surface area contributed by atoms with Crippen molar-refractivity contribution in [2.45, 2.75) is 13.5 Å². The summed E-state index contributed by atoms with van der Waals surface area (Å²) in [5.74, 6) is -0.276. The lowest BCUT2D eigenvalue weighted by Gasteiger charge is -2.14. The van der Waals surface area contributed by atoms with E-state index in [-0.39, 0.29) is 23.4 Å². The smallest absolute Gasteiger partial charge is 0.244 e. The minimum absolute atomic E-state index is 0.0143. The van der Waals surface area contributed by atoms with Crippen molar-refractivity contribution in [2.24, 2.45) is 0 Å². The average Bonchev–Trinajstić information content (AvgIpc) is 2.81. The molecule has 0 fully saturated rings. The second kappa shape index (κ2) is 9.26. The van der Waals surface area contributed by atoms with Gasteiger partial charge in [0.2, 0.25) is 11.3 Å². The second-order valence-corrected chi connectivity index (χ2v) is 7.89. The topological polar surface area (TPSA) is 90.3 Å². The molecule has 0 aliphatic heterocycles. The number of carbonyl (C=O) groups is 2. The van der Waals surface area contributed by atoms with E-state index < -0.39 is 5.78 Å². The van der Waals surface area contributed by atoms with Gasteiger partial charge in [-0.3, -0.25) is 19.4 Å². The van der Waals surface area contributed by atoms with Gasteiger partial charge >= 0.3 is 0 Å². The summed E-state index contributed by atoms with van der Waals surface area (Å²) in [5, 5.41) is 3.52. The zero-order valence-electron chi connectivity index (χ0n) is 18.0. The van der Waals surface area contributed by atoms with Crippen molar-refractivity contribution in [2.75, 3.05) is 12.4 Å². The van der Waals surface area contributed by atoms with Crippen LogP contribution in [0.25, 0.3) is 10.9 Å². The van der Waals surface area contributed by atoms with Crippen molar-refractivity contribution < 1.29 is 14.3 Å². The molecular formula is C25H20ClN3O4. The Kier molecular flexibility index (Phi) is 6.24. The SMILES string of the molecule is COc1ccc(NC(=O)Cn2cc(C(=O)c3ccncc3)c(=O)c3cc(C)ccc32)cc1Cl. The lowest BCUT2D eigenvalue weighted by Crippen LogP contribution is -2.24. The van der Waals surface area contributed by atoms with Crippen LogP contribution in [-0.4, -0.2) is 28.4 Å². The first-order valence-corrected chi connectivity index (χ1v) is 10.5. The summed E-state index contributed by atoms with van der Waals surface area (Å²) in [4.78, 5) is 42.9. The molecule has 2 aromatic heterocycles. The molecule has 0 aliphatic carbocycles. The maximum absolute atomic E-state index is 13.1. The van der Waals surface area contributed by atoms with E-state index in [1.54, 1.807) is 47.0 Å². The molecule has 0 spiro atoms. The Hall–Kier alpha value is -3.97. The number of methoxy groups -OCH3 is 1. The first kappa shape index (κ1) is 22.2. The lowest BCUT2D eigenvalue weighted by atomic mass is 10.0. The lowest BCUT2D eigenvalue weighted by molar-refractivity contribution is -0.116. The summed E-state index contributed by atoms with van der Waals surface area (Å²) in [7, 11) is 1.51. The quantitative estimate of drug-likeness (QED) is 0.434. The molecule has 2 heterocycles. The molecule has 0 saturated carbocycles. The number of hydrogen-bond donors (Lipinski definition) is 1. The molecule has 7 nitrogen and oxygen atoms in total. The van der Waals surface area contributed by atoms with Crippen LogP contribution in [-0.2, 0) is 11.3 Å². The predicted molar refractivity (Wildman–Crippen MR) is 127 cm³/mol. The fraction of sp³-hybridized carbons (Fsp3) is 0.120. The van der Waals surface area contributed by atoms with Gasteiger partial charge in [-0.2, -0.15) is 0 Å². The van der Waals surface area contributed by atoms with E-state index >= 15 is 0 Å². The third kappa shape index (κ3) is 4.63. The van der Waals surface area contributed by atoms with E-state index in [4.69, 9.17) is 16.3 Å². The van der Waals surface area contributed by atoms with Gasteiger partial charge in [0.1, 0.15) is 12.3 Å². The second-order valence-electron chi connectivity index (χ2n) is 7.48. The Labute approximate surface area is 194 Å². The molecule has 4 aromatic rings. The van der Waals surface area contributed by atoms with Crippen LogP contribution in [0.3, 0.4) is 0 Å². The van der Waals surface area contributed by atoms with Gasteiger partial charge in [-0.25, -0.2) is 0 Å². The van der Waals surface area contributed by atoms with Gasteiger partial charge in [-0.15, -0.1) is 0 Å². The van der Waals surface area contributed by atoms with Gasteiger partial charge in [-0.1, -0.05) is 23.2 Å². The number of benzene rings is 2. The number of anilines is 1. The van der Waals surface area contributed by atoms with Crippen LogP contribution in [0.15, 0.2) is 71.9 Å². The highest BCUT2D eigenvalue weighted by Crippen LogP contribution is 2.27. The van der Waals surface area contributed by atoms with E-state index in [1.807, 2.05) is 13.0 Å². The van der Waals surface area contributed by atoms with Crippen molar-refractivity contribution in [3.63, 3.8) is 0 Å². The van der Waals surface area contributed by atoms with Gasteiger partial charge in [0, 0.05) is 35.2 Å². The van der Waals surface area contributed by atoms with E-state index in [9.17, 15) is 14.4 Å². The maximum atomic E-state index is 13.1. The molecule has 0 radical (unpaired) electrons. The zero-order chi connectivity index (χ0) is 23.5. The van der Waals surface area contributed by atoms with Crippen molar-refractivity contribution in [1.29, 1.82) is 0 Å². The van der Waals surface area contributed by atoms with Crippen LogP contribution in [0.5, 0.6) is 5.75 Å². The van der Waals surface area contributed by atoms with Gasteiger partial charge in [0.05, 0.1) is 23.2 Å². The van der Waals surface area contributed by atoms with Crippen LogP contribution in [0.4, 0.5) is 5.69 Å². The number of pyridine rings is 2. The van der Waals surface area contributed by atoms with Gasteiger partial charge < -0.3 is 14.6 Å². The summed E-state index contributed by atoms with van der Waals surface area (Å²) in [6.07, 6.45) is 4.41. The minimum Gasteiger partial charge on any atom is -0.495 e. The average molecular weight is 462 g/mol. The number of amides is 1. The fourth-order valence-corrected chi connectivity index (χ4v) is 3.82. The zero-order valence-corrected chi connectivity index (χ0v) is 18.7. The number of ketones is 1. The fourth-order valence-electron chi connectivity index (χ4n) is 3.56. The molecule has 8 heteroatoms. The number of carbonyl (C=O) groups excluding carboxylic acids is 2. The Bertz CT molecular complexity index is 1430. The van der Waals surface area contributed by atoms with E-state index in [0.29, 0.717) is 32.9 Å².